The van der Waals surface area contributed by atoms with Crippen molar-refractivity contribution < 1.29 is 14.3 Å². The predicted molar refractivity (Wildman–Crippen MR) is 76.7 cm³/mol. The second kappa shape index (κ2) is 5.77. The lowest BCUT2D eigenvalue weighted by Crippen LogP contribution is -2.18. The van der Waals surface area contributed by atoms with E-state index in [-0.39, 0.29) is 12.1 Å². The van der Waals surface area contributed by atoms with Gasteiger partial charge >= 0.3 is 5.97 Å². The van der Waals surface area contributed by atoms with Crippen LogP contribution in [0.25, 0.3) is 11.0 Å². The van der Waals surface area contributed by atoms with E-state index in [1.165, 1.54) is 0 Å². The van der Waals surface area contributed by atoms with Crippen LogP contribution in [0.15, 0.2) is 30.4 Å². The van der Waals surface area contributed by atoms with Crippen molar-refractivity contribution in [3.63, 3.8) is 0 Å². The van der Waals surface area contributed by atoms with Crippen molar-refractivity contribution in [3.05, 3.63) is 36.2 Å². The van der Waals surface area contributed by atoms with Crippen molar-refractivity contribution in [1.82, 2.24) is 9.97 Å². The summed E-state index contributed by atoms with van der Waals surface area (Å²) in [6.07, 6.45) is 0.261. The summed E-state index contributed by atoms with van der Waals surface area (Å²) in [4.78, 5) is 19.1. The lowest BCUT2D eigenvalue weighted by atomic mass is 10.2. The Bertz CT molecular complexity index is 646. The average Bonchev–Trinajstić information content (AvgIpc) is 2.78. The van der Waals surface area contributed by atoms with Gasteiger partial charge in [-0.05, 0) is 26.0 Å². The Morgan fingerprint density at radius 3 is 2.90 bits per heavy atom. The SMILES string of the molecule is C=C(C)C(=O)OC(C)Cc1nc2ccc(OC)cc2[nH]1. The smallest absolute Gasteiger partial charge is 0.333 e. The topological polar surface area (TPSA) is 64.2 Å². The molecule has 0 saturated carbocycles. The number of esters is 1. The standard InChI is InChI=1S/C15H18N2O3/c1-9(2)15(18)20-10(3)7-14-16-12-6-5-11(19-4)8-13(12)17-14/h5-6,8,10H,1,7H2,2-4H3,(H,16,17). The van der Waals surface area contributed by atoms with E-state index in [1.807, 2.05) is 25.1 Å². The molecule has 0 bridgehead atoms. The van der Waals surface area contributed by atoms with Crippen LogP contribution < -0.4 is 4.74 Å². The Labute approximate surface area is 117 Å². The molecule has 0 radical (unpaired) electrons. The molecule has 0 saturated heterocycles. The average molecular weight is 274 g/mol. The molecule has 1 heterocycles. The number of benzene rings is 1. The van der Waals surface area contributed by atoms with Crippen molar-refractivity contribution in [3.8, 4) is 5.75 Å². The fourth-order valence-electron chi connectivity index (χ4n) is 1.86. The summed E-state index contributed by atoms with van der Waals surface area (Å²) in [6.45, 7) is 7.01. The maximum Gasteiger partial charge on any atom is 0.333 e. The van der Waals surface area contributed by atoms with Gasteiger partial charge in [-0.15, -0.1) is 0 Å². The van der Waals surface area contributed by atoms with Crippen LogP contribution in [0.5, 0.6) is 5.75 Å². The molecule has 106 valence electrons. The van der Waals surface area contributed by atoms with E-state index < -0.39 is 0 Å². The Kier molecular flexibility index (Phi) is 4.08. The van der Waals surface area contributed by atoms with Crippen LogP contribution in [-0.4, -0.2) is 29.2 Å². The van der Waals surface area contributed by atoms with Crippen LogP contribution in [0.1, 0.15) is 19.7 Å². The first-order valence-electron chi connectivity index (χ1n) is 6.38. The van der Waals surface area contributed by atoms with Gasteiger partial charge in [0.2, 0.25) is 0 Å². The molecule has 0 spiro atoms. The van der Waals surface area contributed by atoms with Crippen molar-refractivity contribution in [1.29, 1.82) is 0 Å². The largest absolute Gasteiger partial charge is 0.497 e. The van der Waals surface area contributed by atoms with Gasteiger partial charge in [0.1, 0.15) is 17.7 Å². The van der Waals surface area contributed by atoms with Crippen LogP contribution in [0, 0.1) is 0 Å². The molecule has 0 aliphatic heterocycles. The second-order valence-corrected chi connectivity index (χ2v) is 4.77. The number of carbonyl (C=O) groups excluding carboxylic acids is 1. The fourth-order valence-corrected chi connectivity index (χ4v) is 1.86. The second-order valence-electron chi connectivity index (χ2n) is 4.77. The number of ether oxygens (including phenoxy) is 2. The summed E-state index contributed by atoms with van der Waals surface area (Å²) >= 11 is 0. The third kappa shape index (κ3) is 3.17. The fraction of sp³-hybridized carbons (Fsp3) is 0.333. The van der Waals surface area contributed by atoms with E-state index in [0.29, 0.717) is 12.0 Å². The van der Waals surface area contributed by atoms with Gasteiger partial charge in [-0.2, -0.15) is 0 Å². The summed E-state index contributed by atoms with van der Waals surface area (Å²) in [6, 6.07) is 5.63. The molecule has 1 aromatic heterocycles. The zero-order valence-corrected chi connectivity index (χ0v) is 11.9. The number of rotatable bonds is 5. The van der Waals surface area contributed by atoms with Gasteiger partial charge in [0.15, 0.2) is 0 Å². The van der Waals surface area contributed by atoms with Crippen LogP contribution >= 0.6 is 0 Å². The van der Waals surface area contributed by atoms with E-state index in [2.05, 4.69) is 16.5 Å². The molecule has 1 atom stereocenters. The van der Waals surface area contributed by atoms with Crippen LogP contribution in [0.3, 0.4) is 0 Å². The first-order valence-corrected chi connectivity index (χ1v) is 6.38. The minimum atomic E-state index is -0.379. The normalized spacial score (nSPS) is 12.2. The molecular weight excluding hydrogens is 256 g/mol. The third-order valence-corrected chi connectivity index (χ3v) is 2.88. The highest BCUT2D eigenvalue weighted by molar-refractivity contribution is 5.87. The van der Waals surface area contributed by atoms with Crippen molar-refractivity contribution >= 4 is 17.0 Å². The summed E-state index contributed by atoms with van der Waals surface area (Å²) in [5.74, 6) is 1.17. The Hall–Kier alpha value is -2.30. The summed E-state index contributed by atoms with van der Waals surface area (Å²) in [5, 5.41) is 0. The van der Waals surface area contributed by atoms with Gasteiger partial charge in [-0.1, -0.05) is 6.58 Å². The van der Waals surface area contributed by atoms with Crippen LogP contribution in [0.2, 0.25) is 0 Å². The molecule has 1 aromatic carbocycles. The zero-order valence-electron chi connectivity index (χ0n) is 11.9. The van der Waals surface area contributed by atoms with E-state index in [0.717, 1.165) is 22.6 Å². The minimum absolute atomic E-state index is 0.262. The van der Waals surface area contributed by atoms with Gasteiger partial charge in [-0.25, -0.2) is 9.78 Å². The summed E-state index contributed by atoms with van der Waals surface area (Å²) in [5.41, 5.74) is 2.16. The van der Waals surface area contributed by atoms with Gasteiger partial charge < -0.3 is 14.5 Å². The van der Waals surface area contributed by atoms with E-state index in [1.54, 1.807) is 14.0 Å². The number of carbonyl (C=O) groups is 1. The maximum absolute atomic E-state index is 11.4. The number of H-pyrrole nitrogens is 1. The maximum atomic E-state index is 11.4. The monoisotopic (exact) mass is 274 g/mol. The van der Waals surface area contributed by atoms with Crippen molar-refractivity contribution in [2.24, 2.45) is 0 Å². The molecule has 0 fully saturated rings. The molecule has 0 aliphatic carbocycles. The summed E-state index contributed by atoms with van der Waals surface area (Å²) < 4.78 is 10.4. The minimum Gasteiger partial charge on any atom is -0.497 e. The highest BCUT2D eigenvalue weighted by Crippen LogP contribution is 2.19. The first kappa shape index (κ1) is 14.1. The molecule has 0 aliphatic rings. The Balaban J connectivity index is 2.09. The molecule has 0 amide bonds. The molecular formula is C15H18N2O3. The first-order chi connectivity index (χ1) is 9.49. The molecule has 1 N–H and O–H groups in total. The molecule has 2 rings (SSSR count). The quantitative estimate of drug-likeness (QED) is 0.672. The lowest BCUT2D eigenvalue weighted by Gasteiger charge is -2.11. The number of fused-ring (bicyclic) bond motifs is 1. The Morgan fingerprint density at radius 1 is 1.50 bits per heavy atom. The van der Waals surface area contributed by atoms with Crippen LogP contribution in [-0.2, 0) is 16.0 Å². The van der Waals surface area contributed by atoms with Crippen molar-refractivity contribution in [2.75, 3.05) is 7.11 Å². The van der Waals surface area contributed by atoms with Gasteiger partial charge in [0, 0.05) is 18.1 Å². The van der Waals surface area contributed by atoms with Gasteiger partial charge in [-0.3, -0.25) is 0 Å². The molecule has 20 heavy (non-hydrogen) atoms. The van der Waals surface area contributed by atoms with E-state index in [4.69, 9.17) is 9.47 Å². The molecule has 2 aromatic rings. The van der Waals surface area contributed by atoms with E-state index in [9.17, 15) is 4.79 Å². The summed E-state index contributed by atoms with van der Waals surface area (Å²) in [7, 11) is 1.62. The number of aromatic nitrogens is 2. The number of aromatic amines is 1. The lowest BCUT2D eigenvalue weighted by molar-refractivity contribution is -0.143. The third-order valence-electron chi connectivity index (χ3n) is 2.88. The number of nitrogens with one attached hydrogen (secondary N) is 1. The highest BCUT2D eigenvalue weighted by Gasteiger charge is 2.13. The van der Waals surface area contributed by atoms with Gasteiger partial charge in [0.25, 0.3) is 0 Å². The predicted octanol–water partition coefficient (Wildman–Crippen LogP) is 2.62. The van der Waals surface area contributed by atoms with E-state index >= 15 is 0 Å². The highest BCUT2D eigenvalue weighted by atomic mass is 16.5. The number of nitrogens with zero attached hydrogens (tertiary/aromatic N) is 1. The zero-order chi connectivity index (χ0) is 14.7. The van der Waals surface area contributed by atoms with Gasteiger partial charge in [0.05, 0.1) is 18.1 Å². The number of methoxy groups -OCH3 is 1. The number of hydrogen-bond donors (Lipinski definition) is 1. The molecule has 5 nitrogen and oxygen atoms in total. The molecule has 5 heteroatoms. The number of imidazole rings is 1. The molecule has 1 unspecified atom stereocenters. The van der Waals surface area contributed by atoms with Crippen LogP contribution in [0.4, 0.5) is 0 Å². The van der Waals surface area contributed by atoms with Crippen molar-refractivity contribution in [2.45, 2.75) is 26.4 Å². The number of hydrogen-bond acceptors (Lipinski definition) is 4. The Morgan fingerprint density at radius 2 is 2.25 bits per heavy atom.